The first-order valence-corrected chi connectivity index (χ1v) is 8.09. The highest BCUT2D eigenvalue weighted by molar-refractivity contribution is 5.85. The molecule has 0 aliphatic carbocycles. The fourth-order valence-electron chi connectivity index (χ4n) is 3.33. The van der Waals surface area contributed by atoms with Gasteiger partial charge in [-0.05, 0) is 31.7 Å². The van der Waals surface area contributed by atoms with Gasteiger partial charge in [0.05, 0.1) is 18.3 Å². The van der Waals surface area contributed by atoms with E-state index in [1.165, 1.54) is 6.33 Å². The Bertz CT molecular complexity index is 534. The van der Waals surface area contributed by atoms with Crippen LogP contribution in [0.25, 0.3) is 0 Å². The van der Waals surface area contributed by atoms with Gasteiger partial charge in [0.15, 0.2) is 0 Å². The smallest absolute Gasteiger partial charge is 0.242 e. The first kappa shape index (κ1) is 14.9. The molecule has 2 fully saturated rings. The molecule has 2 amide bonds. The zero-order chi connectivity index (χ0) is 15.4. The molecule has 0 spiro atoms. The molecule has 22 heavy (non-hydrogen) atoms. The van der Waals surface area contributed by atoms with Crippen molar-refractivity contribution in [2.45, 2.75) is 44.6 Å². The van der Waals surface area contributed by atoms with Crippen LogP contribution in [0.1, 0.15) is 50.3 Å². The number of hydrogen-bond acceptors (Lipinski definition) is 4. The second kappa shape index (κ2) is 6.85. The summed E-state index contributed by atoms with van der Waals surface area (Å²) in [6.45, 7) is 1.66. The summed E-state index contributed by atoms with van der Waals surface area (Å²) in [6, 6.07) is 1.89. The van der Waals surface area contributed by atoms with Crippen molar-refractivity contribution in [3.8, 4) is 0 Å². The lowest BCUT2D eigenvalue weighted by molar-refractivity contribution is -0.140. The zero-order valence-electron chi connectivity index (χ0n) is 12.8. The molecular weight excluding hydrogens is 280 g/mol. The molecule has 0 unspecified atom stereocenters. The van der Waals surface area contributed by atoms with Crippen molar-refractivity contribution in [3.63, 3.8) is 0 Å². The van der Waals surface area contributed by atoms with E-state index in [1.54, 1.807) is 11.1 Å². The molecular formula is C16H22N4O2. The monoisotopic (exact) mass is 302 g/mol. The number of rotatable bonds is 3. The molecule has 0 bridgehead atoms. The Morgan fingerprint density at radius 2 is 2.14 bits per heavy atom. The van der Waals surface area contributed by atoms with Gasteiger partial charge in [-0.1, -0.05) is 6.42 Å². The van der Waals surface area contributed by atoms with E-state index in [-0.39, 0.29) is 24.4 Å². The van der Waals surface area contributed by atoms with Gasteiger partial charge >= 0.3 is 0 Å². The summed E-state index contributed by atoms with van der Waals surface area (Å²) in [5, 5.41) is 0. The summed E-state index contributed by atoms with van der Waals surface area (Å²) in [5.41, 5.74) is 0.892. The van der Waals surface area contributed by atoms with Crippen LogP contribution in [0.3, 0.4) is 0 Å². The standard InChI is InChI=1S/C16H22N4O2/c21-15-6-2-1-3-9-19(15)11-16(22)20-10-4-5-14(20)13-7-8-17-12-18-13/h7-8,12,14H,1-6,9-11H2/t14-/m1/s1. The van der Waals surface area contributed by atoms with Crippen molar-refractivity contribution in [1.29, 1.82) is 0 Å². The molecule has 0 aromatic carbocycles. The first-order valence-electron chi connectivity index (χ1n) is 8.09. The van der Waals surface area contributed by atoms with Gasteiger partial charge in [0, 0.05) is 25.7 Å². The van der Waals surface area contributed by atoms with Crippen LogP contribution in [-0.4, -0.2) is 51.2 Å². The Morgan fingerprint density at radius 1 is 1.23 bits per heavy atom. The Balaban J connectivity index is 1.67. The van der Waals surface area contributed by atoms with E-state index in [4.69, 9.17) is 0 Å². The number of amides is 2. The van der Waals surface area contributed by atoms with Crippen molar-refractivity contribution >= 4 is 11.8 Å². The summed E-state index contributed by atoms with van der Waals surface area (Å²) in [7, 11) is 0. The van der Waals surface area contributed by atoms with Gasteiger partial charge < -0.3 is 9.80 Å². The predicted molar refractivity (Wildman–Crippen MR) is 80.8 cm³/mol. The third-order valence-electron chi connectivity index (χ3n) is 4.52. The lowest BCUT2D eigenvalue weighted by Crippen LogP contribution is -2.42. The third kappa shape index (κ3) is 3.26. The molecule has 1 atom stereocenters. The van der Waals surface area contributed by atoms with E-state index >= 15 is 0 Å². The molecule has 3 rings (SSSR count). The van der Waals surface area contributed by atoms with Crippen molar-refractivity contribution in [1.82, 2.24) is 19.8 Å². The molecule has 2 saturated heterocycles. The van der Waals surface area contributed by atoms with E-state index in [1.807, 2.05) is 11.0 Å². The molecule has 118 valence electrons. The maximum atomic E-state index is 12.6. The number of hydrogen-bond donors (Lipinski definition) is 0. The van der Waals surface area contributed by atoms with Crippen LogP contribution in [0.4, 0.5) is 0 Å². The Kier molecular flexibility index (Phi) is 4.65. The quantitative estimate of drug-likeness (QED) is 0.849. The van der Waals surface area contributed by atoms with Gasteiger partial charge in [0.2, 0.25) is 11.8 Å². The average molecular weight is 302 g/mol. The van der Waals surface area contributed by atoms with Crippen LogP contribution >= 0.6 is 0 Å². The maximum absolute atomic E-state index is 12.6. The van der Waals surface area contributed by atoms with Gasteiger partial charge in [-0.15, -0.1) is 0 Å². The fourth-order valence-corrected chi connectivity index (χ4v) is 3.33. The van der Waals surface area contributed by atoms with Gasteiger partial charge in [-0.25, -0.2) is 9.97 Å². The van der Waals surface area contributed by atoms with Gasteiger partial charge in [-0.2, -0.15) is 0 Å². The molecule has 2 aliphatic rings. The highest BCUT2D eigenvalue weighted by atomic mass is 16.2. The Labute approximate surface area is 130 Å². The van der Waals surface area contributed by atoms with Gasteiger partial charge in [0.25, 0.3) is 0 Å². The molecule has 6 heteroatoms. The van der Waals surface area contributed by atoms with Crippen molar-refractivity contribution in [2.75, 3.05) is 19.6 Å². The number of carbonyl (C=O) groups excluding carboxylic acids is 2. The number of likely N-dealkylation sites (tertiary alicyclic amines) is 2. The minimum atomic E-state index is 0.0255. The van der Waals surface area contributed by atoms with Crippen LogP contribution in [-0.2, 0) is 9.59 Å². The van der Waals surface area contributed by atoms with E-state index in [0.29, 0.717) is 13.0 Å². The third-order valence-corrected chi connectivity index (χ3v) is 4.52. The Morgan fingerprint density at radius 3 is 2.95 bits per heavy atom. The molecule has 1 aromatic rings. The lowest BCUT2D eigenvalue weighted by atomic mass is 10.1. The summed E-state index contributed by atoms with van der Waals surface area (Å²) >= 11 is 0. The van der Waals surface area contributed by atoms with Crippen LogP contribution in [0.15, 0.2) is 18.6 Å². The summed E-state index contributed by atoms with van der Waals surface area (Å²) in [6.07, 6.45) is 8.72. The van der Waals surface area contributed by atoms with E-state index in [9.17, 15) is 9.59 Å². The minimum Gasteiger partial charge on any atom is -0.333 e. The average Bonchev–Trinajstić information content (AvgIpc) is 2.95. The minimum absolute atomic E-state index is 0.0255. The van der Waals surface area contributed by atoms with Crippen molar-refractivity contribution in [2.24, 2.45) is 0 Å². The highest BCUT2D eigenvalue weighted by Gasteiger charge is 2.32. The van der Waals surface area contributed by atoms with Crippen LogP contribution < -0.4 is 0 Å². The summed E-state index contributed by atoms with van der Waals surface area (Å²) < 4.78 is 0. The van der Waals surface area contributed by atoms with Crippen molar-refractivity contribution < 1.29 is 9.59 Å². The van der Waals surface area contributed by atoms with E-state index in [2.05, 4.69) is 9.97 Å². The van der Waals surface area contributed by atoms with Crippen molar-refractivity contribution in [3.05, 3.63) is 24.3 Å². The molecule has 0 saturated carbocycles. The van der Waals surface area contributed by atoms with Gasteiger partial charge in [0.1, 0.15) is 6.33 Å². The van der Waals surface area contributed by atoms with Crippen LogP contribution in [0, 0.1) is 0 Å². The maximum Gasteiger partial charge on any atom is 0.242 e. The second-order valence-corrected chi connectivity index (χ2v) is 6.01. The SMILES string of the molecule is O=C1CCCCCN1CC(=O)N1CCC[C@@H]1c1ccncn1. The fraction of sp³-hybridized carbons (Fsp3) is 0.625. The van der Waals surface area contributed by atoms with Gasteiger partial charge in [-0.3, -0.25) is 9.59 Å². The zero-order valence-corrected chi connectivity index (χ0v) is 12.8. The summed E-state index contributed by atoms with van der Waals surface area (Å²) in [4.78, 5) is 36.5. The van der Waals surface area contributed by atoms with Crippen LogP contribution in [0.5, 0.6) is 0 Å². The normalized spacial score (nSPS) is 22.7. The molecule has 2 aliphatic heterocycles. The topological polar surface area (TPSA) is 66.4 Å². The van der Waals surface area contributed by atoms with E-state index in [0.717, 1.165) is 44.3 Å². The Hall–Kier alpha value is -1.98. The predicted octanol–water partition coefficient (Wildman–Crippen LogP) is 1.54. The van der Waals surface area contributed by atoms with E-state index < -0.39 is 0 Å². The molecule has 0 radical (unpaired) electrons. The summed E-state index contributed by atoms with van der Waals surface area (Å²) in [5.74, 6) is 0.153. The molecule has 1 aromatic heterocycles. The molecule has 0 N–H and O–H groups in total. The second-order valence-electron chi connectivity index (χ2n) is 6.01. The van der Waals surface area contributed by atoms with Crippen LogP contribution in [0.2, 0.25) is 0 Å². The lowest BCUT2D eigenvalue weighted by Gasteiger charge is -2.28. The first-order chi connectivity index (χ1) is 10.8. The molecule has 6 nitrogen and oxygen atoms in total. The number of carbonyl (C=O) groups is 2. The highest BCUT2D eigenvalue weighted by Crippen LogP contribution is 2.30. The largest absolute Gasteiger partial charge is 0.333 e. The number of nitrogens with zero attached hydrogens (tertiary/aromatic N) is 4. The molecule has 3 heterocycles. The number of aromatic nitrogens is 2.